The second-order valence-corrected chi connectivity index (χ2v) is 8.91. The number of primary sulfonamides is 1. The van der Waals surface area contributed by atoms with Gasteiger partial charge in [-0.25, -0.2) is 13.6 Å². The lowest BCUT2D eigenvalue weighted by molar-refractivity contribution is -0.115. The average molecular weight is 423 g/mol. The molecule has 0 bridgehead atoms. The molecule has 0 aliphatic rings. The lowest BCUT2D eigenvalue weighted by atomic mass is 10.2. The highest BCUT2D eigenvalue weighted by Gasteiger charge is 2.13. The predicted octanol–water partition coefficient (Wildman–Crippen LogP) is 4.02. The zero-order chi connectivity index (χ0) is 19.4. The summed E-state index contributed by atoms with van der Waals surface area (Å²) >= 11 is 7.03. The van der Waals surface area contributed by atoms with Crippen LogP contribution in [-0.2, 0) is 21.2 Å². The predicted molar refractivity (Wildman–Crippen MR) is 106 cm³/mol. The van der Waals surface area contributed by atoms with Crippen molar-refractivity contribution in [2.24, 2.45) is 5.14 Å². The van der Waals surface area contributed by atoms with E-state index in [2.05, 4.69) is 5.32 Å². The number of carbonyl (C=O) groups excluding carboxylic acids is 1. The van der Waals surface area contributed by atoms with E-state index in [4.69, 9.17) is 21.5 Å². The van der Waals surface area contributed by atoms with Gasteiger partial charge in [-0.05, 0) is 48.5 Å². The maximum Gasteiger partial charge on any atom is 0.247 e. The fourth-order valence-corrected chi connectivity index (χ4v) is 4.18. The summed E-state index contributed by atoms with van der Waals surface area (Å²) in [6.07, 6.45) is 0.0536. The largest absolute Gasteiger partial charge is 0.456 e. The van der Waals surface area contributed by atoms with Crippen LogP contribution in [0, 0.1) is 0 Å². The van der Waals surface area contributed by atoms with Crippen LogP contribution in [0.2, 0.25) is 5.02 Å². The standard InChI is InChI=1S/C18H15ClN2O4S2/c19-15-3-1-2-4-16(15)25-13-7-5-12(6-8-13)21-17(22)11-14-9-10-18(26-14)27(20,23)24/h1-10H,11H2,(H,21,22)(H2,20,23,24). The van der Waals surface area contributed by atoms with Gasteiger partial charge in [-0.3, -0.25) is 4.79 Å². The molecule has 1 amide bonds. The average Bonchev–Trinajstić information content (AvgIpc) is 3.07. The van der Waals surface area contributed by atoms with Crippen molar-refractivity contribution in [3.8, 4) is 11.5 Å². The number of anilines is 1. The number of hydrogen-bond acceptors (Lipinski definition) is 5. The van der Waals surface area contributed by atoms with Gasteiger partial charge in [0.2, 0.25) is 15.9 Å². The van der Waals surface area contributed by atoms with E-state index in [9.17, 15) is 13.2 Å². The van der Waals surface area contributed by atoms with Crippen LogP contribution < -0.4 is 15.2 Å². The minimum Gasteiger partial charge on any atom is -0.456 e. The molecular formula is C18H15ClN2O4S2. The van der Waals surface area contributed by atoms with Crippen molar-refractivity contribution < 1.29 is 17.9 Å². The van der Waals surface area contributed by atoms with E-state index in [0.29, 0.717) is 27.1 Å². The molecule has 2 aromatic carbocycles. The molecule has 6 nitrogen and oxygen atoms in total. The summed E-state index contributed by atoms with van der Waals surface area (Å²) in [6, 6.07) is 16.9. The molecule has 3 rings (SSSR count). The number of ether oxygens (including phenoxy) is 1. The number of sulfonamides is 1. The smallest absolute Gasteiger partial charge is 0.247 e. The summed E-state index contributed by atoms with van der Waals surface area (Å²) in [6.45, 7) is 0. The molecule has 27 heavy (non-hydrogen) atoms. The van der Waals surface area contributed by atoms with Gasteiger partial charge in [0.1, 0.15) is 15.7 Å². The van der Waals surface area contributed by atoms with Gasteiger partial charge in [-0.1, -0.05) is 23.7 Å². The zero-order valence-electron chi connectivity index (χ0n) is 13.9. The SMILES string of the molecule is NS(=O)(=O)c1ccc(CC(=O)Nc2ccc(Oc3ccccc3Cl)cc2)s1. The first-order valence-corrected chi connectivity index (χ1v) is 10.5. The number of nitrogens with two attached hydrogens (primary N) is 1. The van der Waals surface area contributed by atoms with Gasteiger partial charge in [0, 0.05) is 10.6 Å². The van der Waals surface area contributed by atoms with Crippen LogP contribution in [0.15, 0.2) is 64.9 Å². The molecule has 0 spiro atoms. The Morgan fingerprint density at radius 1 is 1.07 bits per heavy atom. The second-order valence-electron chi connectivity index (χ2n) is 5.55. The minimum atomic E-state index is -3.75. The van der Waals surface area contributed by atoms with Crippen molar-refractivity contribution in [2.45, 2.75) is 10.6 Å². The molecule has 1 heterocycles. The van der Waals surface area contributed by atoms with Crippen LogP contribution in [0.4, 0.5) is 5.69 Å². The van der Waals surface area contributed by atoms with Gasteiger partial charge in [-0.2, -0.15) is 0 Å². The topological polar surface area (TPSA) is 98.5 Å². The van der Waals surface area contributed by atoms with Gasteiger partial charge < -0.3 is 10.1 Å². The van der Waals surface area contributed by atoms with Crippen molar-refractivity contribution in [1.29, 1.82) is 0 Å². The molecule has 0 saturated heterocycles. The lowest BCUT2D eigenvalue weighted by Crippen LogP contribution is -2.13. The third-order valence-corrected chi connectivity index (χ3v) is 6.29. The van der Waals surface area contributed by atoms with E-state index >= 15 is 0 Å². The first-order chi connectivity index (χ1) is 12.8. The zero-order valence-corrected chi connectivity index (χ0v) is 16.3. The number of halogens is 1. The second kappa shape index (κ2) is 8.10. The molecule has 0 unspecified atom stereocenters. The van der Waals surface area contributed by atoms with Crippen LogP contribution >= 0.6 is 22.9 Å². The summed E-state index contributed by atoms with van der Waals surface area (Å²) in [4.78, 5) is 12.7. The number of nitrogens with one attached hydrogen (secondary N) is 1. The molecule has 0 fully saturated rings. The van der Waals surface area contributed by atoms with Crippen molar-refractivity contribution in [2.75, 3.05) is 5.32 Å². The van der Waals surface area contributed by atoms with Gasteiger partial charge in [0.25, 0.3) is 0 Å². The number of amides is 1. The van der Waals surface area contributed by atoms with Crippen molar-refractivity contribution >= 4 is 44.6 Å². The number of carbonyl (C=O) groups is 1. The number of para-hydroxylation sites is 1. The Morgan fingerprint density at radius 3 is 2.41 bits per heavy atom. The Morgan fingerprint density at radius 2 is 1.78 bits per heavy atom. The third-order valence-electron chi connectivity index (χ3n) is 3.45. The Balaban J connectivity index is 1.60. The summed E-state index contributed by atoms with van der Waals surface area (Å²) in [7, 11) is -3.75. The van der Waals surface area contributed by atoms with Gasteiger partial charge >= 0.3 is 0 Å². The van der Waals surface area contributed by atoms with Gasteiger partial charge in [0.15, 0.2) is 0 Å². The fraction of sp³-hybridized carbons (Fsp3) is 0.0556. The molecule has 140 valence electrons. The maximum absolute atomic E-state index is 12.1. The highest BCUT2D eigenvalue weighted by Crippen LogP contribution is 2.29. The normalized spacial score (nSPS) is 11.2. The molecule has 3 N–H and O–H groups in total. The molecule has 0 aliphatic carbocycles. The Kier molecular flexibility index (Phi) is 5.81. The molecule has 3 aromatic rings. The van der Waals surface area contributed by atoms with Crippen molar-refractivity contribution in [1.82, 2.24) is 0 Å². The van der Waals surface area contributed by atoms with Crippen LogP contribution in [-0.4, -0.2) is 14.3 Å². The van der Waals surface area contributed by atoms with E-state index < -0.39 is 10.0 Å². The van der Waals surface area contributed by atoms with E-state index in [0.717, 1.165) is 11.3 Å². The monoisotopic (exact) mass is 422 g/mol. The van der Waals surface area contributed by atoms with E-state index in [1.54, 1.807) is 42.5 Å². The van der Waals surface area contributed by atoms with Crippen LogP contribution in [0.3, 0.4) is 0 Å². The van der Waals surface area contributed by atoms with Crippen LogP contribution in [0.25, 0.3) is 0 Å². The molecule has 0 saturated carbocycles. The Hall–Kier alpha value is -2.39. The molecule has 0 radical (unpaired) electrons. The minimum absolute atomic E-state index is 0.0337. The summed E-state index contributed by atoms with van der Waals surface area (Å²) in [5.74, 6) is 0.856. The first-order valence-electron chi connectivity index (χ1n) is 7.75. The van der Waals surface area contributed by atoms with Crippen LogP contribution in [0.5, 0.6) is 11.5 Å². The molecule has 1 aromatic heterocycles. The number of rotatable bonds is 6. The fourth-order valence-electron chi connectivity index (χ4n) is 2.23. The number of benzene rings is 2. The number of thiophene rings is 1. The van der Waals surface area contributed by atoms with Crippen molar-refractivity contribution in [3.63, 3.8) is 0 Å². The summed E-state index contributed by atoms with van der Waals surface area (Å²) in [5.41, 5.74) is 0.592. The molecule has 0 atom stereocenters. The van der Waals surface area contributed by atoms with Gasteiger partial charge in [0.05, 0.1) is 11.4 Å². The quantitative estimate of drug-likeness (QED) is 0.626. The summed E-state index contributed by atoms with van der Waals surface area (Å²) < 4.78 is 28.3. The highest BCUT2D eigenvalue weighted by molar-refractivity contribution is 7.91. The number of hydrogen-bond donors (Lipinski definition) is 2. The maximum atomic E-state index is 12.1. The van der Waals surface area contributed by atoms with E-state index in [1.807, 2.05) is 12.1 Å². The first kappa shape index (κ1) is 19.4. The summed E-state index contributed by atoms with van der Waals surface area (Å²) in [5, 5.41) is 8.32. The van der Waals surface area contributed by atoms with E-state index in [1.165, 1.54) is 6.07 Å². The van der Waals surface area contributed by atoms with Crippen LogP contribution in [0.1, 0.15) is 4.88 Å². The Bertz CT molecular complexity index is 1060. The Labute approximate surface area is 165 Å². The lowest BCUT2D eigenvalue weighted by Gasteiger charge is -2.09. The van der Waals surface area contributed by atoms with Crippen molar-refractivity contribution in [3.05, 3.63) is 70.6 Å². The third kappa shape index (κ3) is 5.30. The van der Waals surface area contributed by atoms with E-state index in [-0.39, 0.29) is 16.5 Å². The molecular weight excluding hydrogens is 408 g/mol. The van der Waals surface area contributed by atoms with Gasteiger partial charge in [-0.15, -0.1) is 11.3 Å². The molecule has 9 heteroatoms. The molecule has 0 aliphatic heterocycles. The highest BCUT2D eigenvalue weighted by atomic mass is 35.5.